The summed E-state index contributed by atoms with van der Waals surface area (Å²) in [7, 11) is 0. The molecular formula is C10H11BrS. The SMILES string of the molecule is Brc1cscc1C1=CCCCC1. The summed E-state index contributed by atoms with van der Waals surface area (Å²) in [6, 6.07) is 0. The molecule has 1 aromatic heterocycles. The van der Waals surface area contributed by atoms with E-state index in [1.807, 2.05) is 0 Å². The van der Waals surface area contributed by atoms with E-state index in [0.29, 0.717) is 0 Å². The van der Waals surface area contributed by atoms with Crippen molar-refractivity contribution in [3.63, 3.8) is 0 Å². The maximum absolute atomic E-state index is 3.57. The van der Waals surface area contributed by atoms with Gasteiger partial charge in [0.15, 0.2) is 0 Å². The minimum absolute atomic E-state index is 1.26. The first-order valence-corrected chi connectivity index (χ1v) is 6.02. The molecule has 1 aromatic rings. The minimum atomic E-state index is 1.26. The molecule has 2 heteroatoms. The molecule has 0 saturated carbocycles. The Hall–Kier alpha value is -0.0800. The van der Waals surface area contributed by atoms with Crippen molar-refractivity contribution >= 4 is 32.8 Å². The zero-order valence-electron chi connectivity index (χ0n) is 6.85. The van der Waals surface area contributed by atoms with Gasteiger partial charge in [0.05, 0.1) is 0 Å². The van der Waals surface area contributed by atoms with E-state index in [-0.39, 0.29) is 0 Å². The molecule has 0 atom stereocenters. The van der Waals surface area contributed by atoms with Crippen LogP contribution in [0.2, 0.25) is 0 Å². The van der Waals surface area contributed by atoms with Crippen molar-refractivity contribution in [3.05, 3.63) is 26.9 Å². The molecule has 0 aromatic carbocycles. The highest BCUT2D eigenvalue weighted by molar-refractivity contribution is 9.10. The third kappa shape index (κ3) is 1.64. The van der Waals surface area contributed by atoms with Gasteiger partial charge in [-0.1, -0.05) is 6.08 Å². The third-order valence-electron chi connectivity index (χ3n) is 2.25. The summed E-state index contributed by atoms with van der Waals surface area (Å²) >= 11 is 5.34. The van der Waals surface area contributed by atoms with Gasteiger partial charge in [-0.2, -0.15) is 11.3 Å². The van der Waals surface area contributed by atoms with Crippen molar-refractivity contribution in [2.45, 2.75) is 25.7 Å². The molecule has 0 N–H and O–H groups in total. The molecule has 0 bridgehead atoms. The summed E-state index contributed by atoms with van der Waals surface area (Å²) in [6.45, 7) is 0. The predicted molar refractivity (Wildman–Crippen MR) is 58.5 cm³/mol. The molecule has 2 rings (SSSR count). The number of halogens is 1. The number of allylic oxidation sites excluding steroid dienone is 2. The van der Waals surface area contributed by atoms with E-state index in [2.05, 4.69) is 32.8 Å². The topological polar surface area (TPSA) is 0 Å². The number of hydrogen-bond acceptors (Lipinski definition) is 1. The lowest BCUT2D eigenvalue weighted by Gasteiger charge is -2.11. The molecule has 0 fully saturated rings. The standard InChI is InChI=1S/C10H11BrS/c11-10-7-12-6-9(10)8-4-2-1-3-5-8/h4,6-7H,1-3,5H2. The Labute approximate surface area is 85.4 Å². The minimum Gasteiger partial charge on any atom is -0.151 e. The normalized spacial score (nSPS) is 17.6. The van der Waals surface area contributed by atoms with E-state index in [1.165, 1.54) is 41.3 Å². The van der Waals surface area contributed by atoms with Crippen molar-refractivity contribution in [1.82, 2.24) is 0 Å². The van der Waals surface area contributed by atoms with Crippen LogP contribution in [0.15, 0.2) is 21.3 Å². The van der Waals surface area contributed by atoms with Crippen LogP contribution in [-0.2, 0) is 0 Å². The molecule has 0 unspecified atom stereocenters. The molecule has 0 nitrogen and oxygen atoms in total. The van der Waals surface area contributed by atoms with E-state index in [4.69, 9.17) is 0 Å². The fourth-order valence-corrected chi connectivity index (χ4v) is 3.17. The summed E-state index contributed by atoms with van der Waals surface area (Å²) in [5.74, 6) is 0. The van der Waals surface area contributed by atoms with E-state index in [1.54, 1.807) is 11.3 Å². The van der Waals surface area contributed by atoms with Gasteiger partial charge in [-0.15, -0.1) is 0 Å². The first kappa shape index (κ1) is 8.52. The molecule has 0 aliphatic heterocycles. The number of thiophene rings is 1. The first-order valence-electron chi connectivity index (χ1n) is 4.29. The van der Waals surface area contributed by atoms with Crippen LogP contribution in [-0.4, -0.2) is 0 Å². The quantitative estimate of drug-likeness (QED) is 0.682. The van der Waals surface area contributed by atoms with E-state index in [9.17, 15) is 0 Å². The van der Waals surface area contributed by atoms with E-state index < -0.39 is 0 Å². The zero-order valence-corrected chi connectivity index (χ0v) is 9.25. The Morgan fingerprint density at radius 1 is 1.25 bits per heavy atom. The molecule has 1 aliphatic rings. The predicted octanol–water partition coefficient (Wildman–Crippen LogP) is 4.47. The van der Waals surface area contributed by atoms with Gasteiger partial charge in [-0.05, 0) is 52.6 Å². The van der Waals surface area contributed by atoms with Gasteiger partial charge in [-0.25, -0.2) is 0 Å². The van der Waals surface area contributed by atoms with E-state index >= 15 is 0 Å². The van der Waals surface area contributed by atoms with Gasteiger partial charge < -0.3 is 0 Å². The van der Waals surface area contributed by atoms with Crippen LogP contribution < -0.4 is 0 Å². The highest BCUT2D eigenvalue weighted by Crippen LogP contribution is 2.33. The van der Waals surface area contributed by atoms with Gasteiger partial charge in [0, 0.05) is 15.4 Å². The molecule has 1 heterocycles. The highest BCUT2D eigenvalue weighted by Gasteiger charge is 2.09. The number of hydrogen-bond donors (Lipinski definition) is 0. The molecule has 0 radical (unpaired) electrons. The van der Waals surface area contributed by atoms with Crippen molar-refractivity contribution in [2.75, 3.05) is 0 Å². The summed E-state index contributed by atoms with van der Waals surface area (Å²) in [5, 5.41) is 4.39. The molecule has 64 valence electrons. The molecule has 0 saturated heterocycles. The maximum Gasteiger partial charge on any atom is 0.0357 e. The Bertz CT molecular complexity index is 299. The second kappa shape index (κ2) is 3.75. The maximum atomic E-state index is 3.57. The second-order valence-electron chi connectivity index (χ2n) is 3.11. The van der Waals surface area contributed by atoms with Crippen LogP contribution in [0.3, 0.4) is 0 Å². The van der Waals surface area contributed by atoms with Crippen LogP contribution in [0, 0.1) is 0 Å². The Kier molecular flexibility index (Phi) is 2.66. The smallest absolute Gasteiger partial charge is 0.0357 e. The van der Waals surface area contributed by atoms with Crippen molar-refractivity contribution in [3.8, 4) is 0 Å². The van der Waals surface area contributed by atoms with Crippen molar-refractivity contribution in [1.29, 1.82) is 0 Å². The van der Waals surface area contributed by atoms with Crippen molar-refractivity contribution < 1.29 is 0 Å². The summed E-state index contributed by atoms with van der Waals surface area (Å²) in [6.07, 6.45) is 7.63. The fraction of sp³-hybridized carbons (Fsp3) is 0.400. The van der Waals surface area contributed by atoms with Crippen molar-refractivity contribution in [2.24, 2.45) is 0 Å². The summed E-state index contributed by atoms with van der Waals surface area (Å²) in [4.78, 5) is 0. The molecule has 0 spiro atoms. The average molecular weight is 243 g/mol. The van der Waals surface area contributed by atoms with Crippen LogP contribution in [0.4, 0.5) is 0 Å². The zero-order chi connectivity index (χ0) is 8.39. The van der Waals surface area contributed by atoms with Gasteiger partial charge in [-0.3, -0.25) is 0 Å². The fourth-order valence-electron chi connectivity index (χ4n) is 1.59. The van der Waals surface area contributed by atoms with Gasteiger partial charge in [0.1, 0.15) is 0 Å². The highest BCUT2D eigenvalue weighted by atomic mass is 79.9. The third-order valence-corrected chi connectivity index (χ3v) is 3.95. The van der Waals surface area contributed by atoms with E-state index in [0.717, 1.165) is 0 Å². The molecule has 0 amide bonds. The summed E-state index contributed by atoms with van der Waals surface area (Å²) in [5.41, 5.74) is 2.95. The van der Waals surface area contributed by atoms with Crippen LogP contribution in [0.5, 0.6) is 0 Å². The lowest BCUT2D eigenvalue weighted by molar-refractivity contribution is 0.742. The van der Waals surface area contributed by atoms with Gasteiger partial charge in [0.2, 0.25) is 0 Å². The van der Waals surface area contributed by atoms with Crippen LogP contribution in [0.25, 0.3) is 5.57 Å². The monoisotopic (exact) mass is 242 g/mol. The lowest BCUT2D eigenvalue weighted by Crippen LogP contribution is -1.90. The van der Waals surface area contributed by atoms with Gasteiger partial charge in [0.25, 0.3) is 0 Å². The molecule has 12 heavy (non-hydrogen) atoms. The van der Waals surface area contributed by atoms with Crippen LogP contribution >= 0.6 is 27.3 Å². The second-order valence-corrected chi connectivity index (χ2v) is 4.71. The van der Waals surface area contributed by atoms with Gasteiger partial charge >= 0.3 is 0 Å². The molecule has 1 aliphatic carbocycles. The molecular weight excluding hydrogens is 232 g/mol. The summed E-state index contributed by atoms with van der Waals surface area (Å²) < 4.78 is 1.26. The average Bonchev–Trinajstić information content (AvgIpc) is 2.53. The lowest BCUT2D eigenvalue weighted by atomic mass is 9.96. The Morgan fingerprint density at radius 2 is 2.17 bits per heavy atom. The Morgan fingerprint density at radius 3 is 2.75 bits per heavy atom. The Balaban J connectivity index is 2.29. The largest absolute Gasteiger partial charge is 0.151 e. The number of rotatable bonds is 1. The first-order chi connectivity index (χ1) is 5.88. The van der Waals surface area contributed by atoms with Crippen LogP contribution in [0.1, 0.15) is 31.2 Å².